The van der Waals surface area contributed by atoms with Gasteiger partial charge in [0.05, 0.1) is 46.1 Å². The van der Waals surface area contributed by atoms with Crippen molar-refractivity contribution in [2.24, 2.45) is 0 Å². The van der Waals surface area contributed by atoms with Crippen molar-refractivity contribution in [3.63, 3.8) is 0 Å². The molecule has 7 nitrogen and oxygen atoms in total. The molecular weight excluding hydrogens is 500 g/mol. The molecule has 194 valence electrons. The van der Waals surface area contributed by atoms with E-state index >= 15 is 0 Å². The molecule has 0 atom stereocenters. The summed E-state index contributed by atoms with van der Waals surface area (Å²) in [5.74, 6) is 3.59. The maximum atomic E-state index is 12.9. The van der Waals surface area contributed by atoms with Crippen molar-refractivity contribution in [1.29, 1.82) is 5.26 Å². The van der Waals surface area contributed by atoms with Crippen LogP contribution in [0.2, 0.25) is 19.6 Å². The summed E-state index contributed by atoms with van der Waals surface area (Å²) in [4.78, 5) is 4.71. The van der Waals surface area contributed by atoms with Gasteiger partial charge < -0.3 is 5.32 Å². The lowest BCUT2D eigenvalue weighted by Gasteiger charge is -2.29. The van der Waals surface area contributed by atoms with Gasteiger partial charge in [-0.15, -0.1) is 5.54 Å². The normalized spacial score (nSPS) is 17.7. The largest absolute Gasteiger partial charge is 0.381 e. The van der Waals surface area contributed by atoms with Crippen molar-refractivity contribution < 1.29 is 8.78 Å². The SMILES string of the molecule is C[Si](C)(C)C#Cc1cnc(-c2ccc3cc(C#N)cnn23)cc1N[C@H]1CC[C@H](c2cnn(C(F)F)c2)CC1. The predicted octanol–water partition coefficient (Wildman–Crippen LogP) is 6.23. The third-order valence-electron chi connectivity index (χ3n) is 6.75. The van der Waals surface area contributed by atoms with E-state index < -0.39 is 14.6 Å². The van der Waals surface area contributed by atoms with Crippen LogP contribution in [-0.4, -0.2) is 38.5 Å². The molecule has 1 N–H and O–H groups in total. The molecule has 0 amide bonds. The molecule has 1 saturated carbocycles. The van der Waals surface area contributed by atoms with Gasteiger partial charge in [-0.25, -0.2) is 9.20 Å². The van der Waals surface area contributed by atoms with Crippen LogP contribution in [0.5, 0.6) is 0 Å². The van der Waals surface area contributed by atoms with Crippen LogP contribution in [0.3, 0.4) is 0 Å². The molecule has 0 saturated heterocycles. The molecule has 38 heavy (non-hydrogen) atoms. The van der Waals surface area contributed by atoms with E-state index in [0.29, 0.717) is 5.56 Å². The van der Waals surface area contributed by atoms with Crippen molar-refractivity contribution >= 4 is 19.3 Å². The van der Waals surface area contributed by atoms with Crippen molar-refractivity contribution in [3.05, 3.63) is 65.7 Å². The fourth-order valence-corrected chi connectivity index (χ4v) is 5.29. The monoisotopic (exact) mass is 529 g/mol. The standard InChI is InChI=1S/C28H29F2N7Si/c1-38(2,3)11-10-21-16-32-26(27-9-8-24-12-19(14-31)15-34-37(24)27)13-25(21)35-23-6-4-20(5-7-23)22-17-33-36(18-22)28(29)30/h8-9,12-13,15-18,20,23,28H,4-7H2,1-3H3,(H,32,35)/t20-,23-. The van der Waals surface area contributed by atoms with Crippen LogP contribution in [-0.2, 0) is 0 Å². The van der Waals surface area contributed by atoms with Crippen molar-refractivity contribution in [2.45, 2.75) is 63.8 Å². The Kier molecular flexibility index (Phi) is 7.00. The second kappa shape index (κ2) is 10.4. The first-order valence-electron chi connectivity index (χ1n) is 12.7. The summed E-state index contributed by atoms with van der Waals surface area (Å²) in [5, 5.41) is 21.1. The van der Waals surface area contributed by atoms with Crippen LogP contribution >= 0.6 is 0 Å². The zero-order valence-corrected chi connectivity index (χ0v) is 22.6. The number of nitrogens with zero attached hydrogens (tertiary/aromatic N) is 6. The van der Waals surface area contributed by atoms with Crippen LogP contribution in [0.1, 0.15) is 54.8 Å². The lowest BCUT2D eigenvalue weighted by Crippen LogP contribution is -2.26. The highest BCUT2D eigenvalue weighted by molar-refractivity contribution is 6.83. The molecule has 10 heteroatoms. The van der Waals surface area contributed by atoms with Gasteiger partial charge in [0.25, 0.3) is 0 Å². The highest BCUT2D eigenvalue weighted by atomic mass is 28.3. The number of anilines is 1. The van der Waals surface area contributed by atoms with Crippen LogP contribution in [0, 0.1) is 22.8 Å². The van der Waals surface area contributed by atoms with Gasteiger partial charge in [0, 0.05) is 18.4 Å². The van der Waals surface area contributed by atoms with Gasteiger partial charge in [-0.1, -0.05) is 25.6 Å². The second-order valence-corrected chi connectivity index (χ2v) is 15.5. The van der Waals surface area contributed by atoms with E-state index in [0.717, 1.165) is 64.1 Å². The minimum Gasteiger partial charge on any atom is -0.381 e. The van der Waals surface area contributed by atoms with Gasteiger partial charge in [0.1, 0.15) is 14.1 Å². The summed E-state index contributed by atoms with van der Waals surface area (Å²) < 4.78 is 28.4. The number of aromatic nitrogens is 5. The zero-order chi connectivity index (χ0) is 26.9. The molecule has 1 fully saturated rings. The third kappa shape index (κ3) is 5.61. The van der Waals surface area contributed by atoms with Gasteiger partial charge in [0.2, 0.25) is 0 Å². The smallest absolute Gasteiger partial charge is 0.333 e. The van der Waals surface area contributed by atoms with Crippen LogP contribution in [0.15, 0.2) is 49.1 Å². The summed E-state index contributed by atoms with van der Waals surface area (Å²) >= 11 is 0. The van der Waals surface area contributed by atoms with Crippen LogP contribution < -0.4 is 5.32 Å². The zero-order valence-electron chi connectivity index (χ0n) is 21.6. The maximum Gasteiger partial charge on any atom is 0.333 e. The molecule has 1 aliphatic rings. The van der Waals surface area contributed by atoms with Crippen LogP contribution in [0.25, 0.3) is 16.9 Å². The summed E-state index contributed by atoms with van der Waals surface area (Å²) in [6.07, 6.45) is 10.0. The average Bonchev–Trinajstić information content (AvgIpc) is 3.55. The van der Waals surface area contributed by atoms with E-state index in [4.69, 9.17) is 4.98 Å². The van der Waals surface area contributed by atoms with E-state index in [-0.39, 0.29) is 12.0 Å². The molecule has 1 aliphatic carbocycles. The minimum absolute atomic E-state index is 0.233. The van der Waals surface area contributed by atoms with Gasteiger partial charge in [-0.3, -0.25) is 4.98 Å². The molecule has 0 radical (unpaired) electrons. The fraction of sp³-hybridized carbons (Fsp3) is 0.357. The number of fused-ring (bicyclic) bond motifs is 1. The number of halogens is 2. The molecular formula is C28H29F2N7Si. The molecule has 0 aromatic carbocycles. The first-order chi connectivity index (χ1) is 18.2. The Morgan fingerprint density at radius 2 is 1.84 bits per heavy atom. The summed E-state index contributed by atoms with van der Waals surface area (Å²) in [7, 11) is -1.60. The Bertz CT molecular complexity index is 1560. The van der Waals surface area contributed by atoms with E-state index in [2.05, 4.69) is 52.7 Å². The first-order valence-corrected chi connectivity index (χ1v) is 16.2. The summed E-state index contributed by atoms with van der Waals surface area (Å²) in [6, 6.07) is 10.1. The highest BCUT2D eigenvalue weighted by Gasteiger charge is 2.25. The number of hydrogen-bond donors (Lipinski definition) is 1. The summed E-state index contributed by atoms with van der Waals surface area (Å²) in [6.45, 7) is 4.01. The van der Waals surface area contributed by atoms with Gasteiger partial charge in [0.15, 0.2) is 0 Å². The molecule has 0 spiro atoms. The van der Waals surface area contributed by atoms with Crippen molar-refractivity contribution in [3.8, 4) is 28.9 Å². The molecule has 5 rings (SSSR count). The van der Waals surface area contributed by atoms with Gasteiger partial charge >= 0.3 is 6.55 Å². The molecule has 0 bridgehead atoms. The quantitative estimate of drug-likeness (QED) is 0.245. The second-order valence-electron chi connectivity index (χ2n) is 10.8. The number of nitrogens with one attached hydrogen (secondary N) is 1. The fourth-order valence-electron chi connectivity index (χ4n) is 4.78. The lowest BCUT2D eigenvalue weighted by molar-refractivity contribution is 0.0565. The Morgan fingerprint density at radius 3 is 2.53 bits per heavy atom. The van der Waals surface area contributed by atoms with E-state index in [1.54, 1.807) is 23.0 Å². The number of pyridine rings is 1. The Labute approximate surface area is 221 Å². The maximum absolute atomic E-state index is 12.9. The number of rotatable bonds is 5. The van der Waals surface area contributed by atoms with E-state index in [1.807, 2.05) is 24.4 Å². The minimum atomic E-state index is -2.61. The van der Waals surface area contributed by atoms with E-state index in [9.17, 15) is 14.0 Å². The molecule has 4 aromatic heterocycles. The van der Waals surface area contributed by atoms with Crippen LogP contribution in [0.4, 0.5) is 14.5 Å². The topological polar surface area (TPSA) is 83.8 Å². The first kappa shape index (κ1) is 25.6. The van der Waals surface area contributed by atoms with Gasteiger partial charge in [-0.2, -0.15) is 24.2 Å². The Balaban J connectivity index is 1.40. The highest BCUT2D eigenvalue weighted by Crippen LogP contribution is 2.35. The van der Waals surface area contributed by atoms with Crippen molar-refractivity contribution in [2.75, 3.05) is 5.32 Å². The Hall–Kier alpha value is -4.02. The van der Waals surface area contributed by atoms with E-state index in [1.165, 1.54) is 6.20 Å². The van der Waals surface area contributed by atoms with Crippen molar-refractivity contribution in [1.82, 2.24) is 24.4 Å². The number of nitriles is 1. The predicted molar refractivity (Wildman–Crippen MR) is 145 cm³/mol. The summed E-state index contributed by atoms with van der Waals surface area (Å²) in [5.41, 5.74) is 9.03. The molecule has 4 aromatic rings. The Morgan fingerprint density at radius 1 is 1.05 bits per heavy atom. The number of hydrogen-bond acceptors (Lipinski definition) is 5. The molecule has 0 aliphatic heterocycles. The average molecular weight is 530 g/mol. The molecule has 4 heterocycles. The number of alkyl halides is 2. The van der Waals surface area contributed by atoms with Gasteiger partial charge in [-0.05, 0) is 61.4 Å². The third-order valence-corrected chi connectivity index (χ3v) is 7.62. The lowest BCUT2D eigenvalue weighted by atomic mass is 9.83. The molecule has 0 unspecified atom stereocenters.